The van der Waals surface area contributed by atoms with Crippen molar-refractivity contribution in [2.45, 2.75) is 5.60 Å². The summed E-state index contributed by atoms with van der Waals surface area (Å²) >= 11 is 1.91. The minimum absolute atomic E-state index is 0. The van der Waals surface area contributed by atoms with E-state index in [2.05, 4.69) is 10.6 Å². The van der Waals surface area contributed by atoms with Crippen LogP contribution in [-0.4, -0.2) is 47.1 Å². The first-order valence-corrected chi connectivity index (χ1v) is 11.3. The Kier molecular flexibility index (Phi) is 8.29. The standard InChI is InChI=1S/C24H19F3IN3O3.ClH/c25-17-8-7-16(21(20(17)27)30-19-9-6-15(28)10-18(19)26)23(33)31-12-24(34,13-31)11-29-22(32)14-4-2-1-3-5-14;/h1-10,30,34H,11-13H2,(H,29,32);1H. The minimum Gasteiger partial charge on any atom is -0.384 e. The number of nitrogens with one attached hydrogen (secondary N) is 2. The van der Waals surface area contributed by atoms with Gasteiger partial charge in [-0.25, -0.2) is 13.2 Å². The molecule has 184 valence electrons. The molecule has 1 fully saturated rings. The third kappa shape index (κ3) is 5.88. The van der Waals surface area contributed by atoms with Crippen LogP contribution in [0.1, 0.15) is 20.7 Å². The highest BCUT2D eigenvalue weighted by Crippen LogP contribution is 2.31. The molecule has 6 nitrogen and oxygen atoms in total. The topological polar surface area (TPSA) is 81.7 Å². The number of anilines is 2. The summed E-state index contributed by atoms with van der Waals surface area (Å²) < 4.78 is 43.4. The van der Waals surface area contributed by atoms with Gasteiger partial charge in [0.05, 0.1) is 36.6 Å². The van der Waals surface area contributed by atoms with Gasteiger partial charge >= 0.3 is 0 Å². The van der Waals surface area contributed by atoms with Crippen molar-refractivity contribution in [2.75, 3.05) is 25.0 Å². The van der Waals surface area contributed by atoms with Gasteiger partial charge in [0.15, 0.2) is 11.6 Å². The number of β-amino-alcohol motifs (C(OH)–C–C–N with tert-alkyl or cyclic N) is 1. The fourth-order valence-corrected chi connectivity index (χ4v) is 4.06. The van der Waals surface area contributed by atoms with E-state index in [9.17, 15) is 27.9 Å². The quantitative estimate of drug-likeness (QED) is 0.356. The van der Waals surface area contributed by atoms with Crippen molar-refractivity contribution in [1.29, 1.82) is 0 Å². The van der Waals surface area contributed by atoms with E-state index in [1.165, 1.54) is 17.0 Å². The van der Waals surface area contributed by atoms with E-state index in [-0.39, 0.29) is 49.2 Å². The Labute approximate surface area is 219 Å². The average Bonchev–Trinajstić information content (AvgIpc) is 2.80. The Bertz CT molecular complexity index is 1260. The number of carbonyl (C=O) groups is 2. The summed E-state index contributed by atoms with van der Waals surface area (Å²) in [7, 11) is 0. The molecule has 1 aliphatic heterocycles. The lowest BCUT2D eigenvalue weighted by molar-refractivity contribution is -0.0772. The number of nitrogens with zero attached hydrogens (tertiary/aromatic N) is 1. The van der Waals surface area contributed by atoms with Gasteiger partial charge in [-0.1, -0.05) is 18.2 Å². The molecule has 1 aliphatic rings. The van der Waals surface area contributed by atoms with Crippen LogP contribution >= 0.6 is 35.0 Å². The molecule has 0 radical (unpaired) electrons. The first-order chi connectivity index (χ1) is 16.2. The van der Waals surface area contributed by atoms with Gasteiger partial charge in [-0.15, -0.1) is 12.4 Å². The van der Waals surface area contributed by atoms with Gasteiger partial charge < -0.3 is 20.6 Å². The van der Waals surface area contributed by atoms with Crippen LogP contribution in [0.4, 0.5) is 24.5 Å². The lowest BCUT2D eigenvalue weighted by Gasteiger charge is -2.46. The fraction of sp³-hybridized carbons (Fsp3) is 0.167. The maximum Gasteiger partial charge on any atom is 0.256 e. The summed E-state index contributed by atoms with van der Waals surface area (Å²) in [4.78, 5) is 26.4. The van der Waals surface area contributed by atoms with E-state index >= 15 is 0 Å². The second-order valence-electron chi connectivity index (χ2n) is 7.97. The first-order valence-electron chi connectivity index (χ1n) is 10.2. The van der Waals surface area contributed by atoms with Crippen molar-refractivity contribution in [3.63, 3.8) is 0 Å². The molecule has 1 saturated heterocycles. The van der Waals surface area contributed by atoms with Crippen molar-refractivity contribution in [3.05, 3.63) is 92.8 Å². The van der Waals surface area contributed by atoms with Crippen LogP contribution in [0.3, 0.4) is 0 Å². The third-order valence-electron chi connectivity index (χ3n) is 5.39. The largest absolute Gasteiger partial charge is 0.384 e. The highest BCUT2D eigenvalue weighted by Gasteiger charge is 2.44. The molecule has 0 unspecified atom stereocenters. The molecule has 0 spiro atoms. The molecule has 0 bridgehead atoms. The van der Waals surface area contributed by atoms with Crippen LogP contribution in [0, 0.1) is 21.0 Å². The summed E-state index contributed by atoms with van der Waals surface area (Å²) in [5.74, 6) is -4.26. The predicted octanol–water partition coefficient (Wildman–Crippen LogP) is 4.49. The van der Waals surface area contributed by atoms with Gasteiger partial charge in [0.25, 0.3) is 11.8 Å². The lowest BCUT2D eigenvalue weighted by atomic mass is 9.92. The lowest BCUT2D eigenvalue weighted by Crippen LogP contribution is -2.67. The number of likely N-dealkylation sites (tertiary alicyclic amines) is 1. The molecule has 3 aromatic carbocycles. The molecule has 3 aromatic rings. The molecule has 4 rings (SSSR count). The number of carbonyl (C=O) groups excluding carboxylic acids is 2. The zero-order valence-corrected chi connectivity index (χ0v) is 21.0. The number of amides is 2. The van der Waals surface area contributed by atoms with Crippen LogP contribution < -0.4 is 10.6 Å². The molecule has 0 atom stereocenters. The molecule has 1 heterocycles. The average molecular weight is 618 g/mol. The number of halogens is 5. The van der Waals surface area contributed by atoms with Gasteiger partial charge in [-0.05, 0) is 65.1 Å². The summed E-state index contributed by atoms with van der Waals surface area (Å²) in [6.07, 6.45) is 0. The SMILES string of the molecule is Cl.O=C(NCC1(O)CN(C(=O)c2ccc(F)c(F)c2Nc2ccc(I)cc2F)C1)c1ccccc1. The molecule has 11 heteroatoms. The van der Waals surface area contributed by atoms with E-state index in [4.69, 9.17) is 0 Å². The Morgan fingerprint density at radius 1 is 1.00 bits per heavy atom. The Hall–Kier alpha value is -2.83. The number of aliphatic hydroxyl groups is 1. The van der Waals surface area contributed by atoms with Gasteiger partial charge in [0, 0.05) is 9.13 Å². The van der Waals surface area contributed by atoms with Crippen LogP contribution in [0.15, 0.2) is 60.7 Å². The molecule has 2 amide bonds. The molecule has 3 N–H and O–H groups in total. The van der Waals surface area contributed by atoms with Crippen LogP contribution in [-0.2, 0) is 0 Å². The molecule has 0 aromatic heterocycles. The minimum atomic E-state index is -1.37. The maximum atomic E-state index is 14.6. The molecular formula is C24H20ClF3IN3O3. The number of rotatable bonds is 6. The monoisotopic (exact) mass is 617 g/mol. The van der Waals surface area contributed by atoms with Crippen LogP contribution in [0.2, 0.25) is 0 Å². The zero-order valence-electron chi connectivity index (χ0n) is 18.0. The van der Waals surface area contributed by atoms with Crippen molar-refractivity contribution in [3.8, 4) is 0 Å². The second-order valence-corrected chi connectivity index (χ2v) is 9.21. The van der Waals surface area contributed by atoms with E-state index in [0.29, 0.717) is 9.13 Å². The Balaban J connectivity index is 0.00000342. The smallest absolute Gasteiger partial charge is 0.256 e. The summed E-state index contributed by atoms with van der Waals surface area (Å²) in [6.45, 7) is -0.351. The van der Waals surface area contributed by atoms with Crippen LogP contribution in [0.5, 0.6) is 0 Å². The highest BCUT2D eigenvalue weighted by atomic mass is 127. The number of hydrogen-bond donors (Lipinski definition) is 3. The van der Waals surface area contributed by atoms with Crippen molar-refractivity contribution < 1.29 is 27.9 Å². The number of hydrogen-bond acceptors (Lipinski definition) is 4. The summed E-state index contributed by atoms with van der Waals surface area (Å²) in [5.41, 5.74) is -1.78. The van der Waals surface area contributed by atoms with Crippen LogP contribution in [0.25, 0.3) is 0 Å². The van der Waals surface area contributed by atoms with E-state index < -0.39 is 34.6 Å². The second kappa shape index (κ2) is 10.8. The Morgan fingerprint density at radius 3 is 2.34 bits per heavy atom. The molecule has 0 saturated carbocycles. The van der Waals surface area contributed by atoms with Gasteiger partial charge in [-0.3, -0.25) is 9.59 Å². The zero-order chi connectivity index (χ0) is 24.5. The van der Waals surface area contributed by atoms with Gasteiger partial charge in [0.1, 0.15) is 11.4 Å². The van der Waals surface area contributed by atoms with Crippen molar-refractivity contribution in [1.82, 2.24) is 10.2 Å². The maximum absolute atomic E-state index is 14.6. The molecule has 0 aliphatic carbocycles. The van der Waals surface area contributed by atoms with E-state index in [1.54, 1.807) is 36.4 Å². The summed E-state index contributed by atoms with van der Waals surface area (Å²) in [5, 5.41) is 15.7. The highest BCUT2D eigenvalue weighted by molar-refractivity contribution is 14.1. The van der Waals surface area contributed by atoms with Crippen molar-refractivity contribution in [2.24, 2.45) is 0 Å². The molecular weight excluding hydrogens is 598 g/mol. The third-order valence-corrected chi connectivity index (χ3v) is 6.06. The van der Waals surface area contributed by atoms with E-state index in [1.807, 2.05) is 22.6 Å². The van der Waals surface area contributed by atoms with Crippen molar-refractivity contribution >= 4 is 58.2 Å². The predicted molar refractivity (Wildman–Crippen MR) is 136 cm³/mol. The first kappa shape index (κ1) is 26.8. The fourth-order valence-electron chi connectivity index (χ4n) is 3.60. The summed E-state index contributed by atoms with van der Waals surface area (Å²) in [6, 6.07) is 14.5. The molecule has 35 heavy (non-hydrogen) atoms. The van der Waals surface area contributed by atoms with Gasteiger partial charge in [-0.2, -0.15) is 0 Å². The van der Waals surface area contributed by atoms with Gasteiger partial charge in [0.2, 0.25) is 0 Å². The van der Waals surface area contributed by atoms with E-state index in [0.717, 1.165) is 12.1 Å². The number of benzene rings is 3. The Morgan fingerprint density at radius 2 is 1.69 bits per heavy atom. The normalized spacial score (nSPS) is 13.9.